The molecule has 3 unspecified atom stereocenters. The molecule has 0 spiro atoms. The minimum atomic E-state index is -1.41. The van der Waals surface area contributed by atoms with E-state index in [1.54, 1.807) is 48.5 Å². The van der Waals surface area contributed by atoms with Crippen molar-refractivity contribution in [3.8, 4) is 0 Å². The van der Waals surface area contributed by atoms with Crippen LogP contribution in [0.15, 0.2) is 12.2 Å². The summed E-state index contributed by atoms with van der Waals surface area (Å²) in [6.45, 7) is 31.3. The zero-order valence-electron chi connectivity index (χ0n) is 62.4. The topological polar surface area (TPSA) is 316 Å². The normalized spacial score (nSPS) is 28.0. The van der Waals surface area contributed by atoms with Gasteiger partial charge in [0.15, 0.2) is 6.04 Å². The van der Waals surface area contributed by atoms with E-state index in [1.807, 2.05) is 41.5 Å². The van der Waals surface area contributed by atoms with Gasteiger partial charge in [0.2, 0.25) is 59.1 Å². The number of rotatable bonds is 20. The van der Waals surface area contributed by atoms with Gasteiger partial charge in [-0.15, -0.1) is 0 Å². The summed E-state index contributed by atoms with van der Waals surface area (Å²) in [5.74, 6) is -10.7. The Kier molecular flexibility index (Phi) is 34.1. The number of carbonyl (C=O) groups is 12. The average Bonchev–Trinajstić information content (AvgIpc) is 0.754. The Morgan fingerprint density at radius 1 is 0.546 bits per heavy atom. The van der Waals surface area contributed by atoms with E-state index >= 15 is 24.0 Å². The second-order valence-corrected chi connectivity index (χ2v) is 28.7. The number of nitrogens with one attached hydrogen (secondary N) is 4. The zero-order chi connectivity index (χ0) is 73.8. The van der Waals surface area contributed by atoms with E-state index in [2.05, 4.69) is 26.2 Å². The minimum Gasteiger partial charge on any atom is -0.466 e. The molecule has 3 heterocycles. The molecule has 0 aromatic carbocycles. The maximum atomic E-state index is 15.2. The van der Waals surface area contributed by atoms with Gasteiger partial charge in [-0.25, -0.2) is 9.86 Å². The van der Waals surface area contributed by atoms with Gasteiger partial charge in [0, 0.05) is 68.1 Å². The number of carbonyl (C=O) groups excluding carboxylic acids is 12. The number of fused-ring (bicyclic) bond motifs is 1. The molecule has 0 aliphatic carbocycles. The van der Waals surface area contributed by atoms with Gasteiger partial charge in [-0.05, 0) is 115 Å². The summed E-state index contributed by atoms with van der Waals surface area (Å²) < 4.78 is 16.6. The van der Waals surface area contributed by atoms with Gasteiger partial charge < -0.3 is 64.9 Å². The molecule has 552 valence electrons. The quantitative estimate of drug-likeness (QED) is 0.0773. The van der Waals surface area contributed by atoms with Crippen LogP contribution in [0.25, 0.3) is 0 Å². The van der Waals surface area contributed by atoms with Crippen LogP contribution in [0.4, 0.5) is 0 Å². The fourth-order valence-corrected chi connectivity index (χ4v) is 12.5. The van der Waals surface area contributed by atoms with Crippen molar-refractivity contribution in [2.75, 3.05) is 88.9 Å². The molecule has 0 bridgehead atoms. The number of hydrogen-bond acceptors (Lipinski definition) is 17. The van der Waals surface area contributed by atoms with E-state index in [-0.39, 0.29) is 56.5 Å². The standard InChI is InChI=1S/C69H120N12O16/c1-24-49-65(89)74(17)47(15)64(88)79(22)56(48(16)96-33-26-25-30-80-31-34-95-35-32-80)61(85)73-54(42(8)9)68(92)75(18)50(36-39(2)3)60(84)70-45(13)59(83)71-46(14)63(87)76(19)51(37-40(4)5)66(90)77(20)52(38-41(6)7)67(91)78(21)55(43(10)11)69(93)81-57(62(86)72-49)58(97-81)44(12)28-27-29-53(82)94-23/h27,29,39-52,54-58H,24-26,28,30-38H2,1-23H3,(H,70,84)(H,71,83)(H,72,86)(H,73,85)/b29-27+/t44-,45?,46-,47-,48-,49+,50+,51?,52+,54+,55?,56+,57+,58-/m1/s1. The lowest BCUT2D eigenvalue weighted by Gasteiger charge is -2.50. The van der Waals surface area contributed by atoms with Gasteiger partial charge >= 0.3 is 5.97 Å². The first-order valence-corrected chi connectivity index (χ1v) is 34.7. The molecule has 28 nitrogen and oxygen atoms in total. The molecule has 0 aromatic rings. The Labute approximate surface area is 576 Å². The zero-order valence-corrected chi connectivity index (χ0v) is 62.4. The Morgan fingerprint density at radius 2 is 1.06 bits per heavy atom. The third kappa shape index (κ3) is 23.2. The first kappa shape index (κ1) is 84.4. The van der Waals surface area contributed by atoms with Crippen molar-refractivity contribution in [2.24, 2.45) is 35.5 Å². The monoisotopic (exact) mass is 1370 g/mol. The van der Waals surface area contributed by atoms with E-state index in [4.69, 9.17) is 19.0 Å². The fraction of sp³-hybridized carbons (Fsp3) is 0.797. The molecule has 3 fully saturated rings. The van der Waals surface area contributed by atoms with Crippen LogP contribution in [0.3, 0.4) is 0 Å². The molecule has 0 saturated carbocycles. The average molecular weight is 1370 g/mol. The number of amides is 11. The number of unbranched alkanes of at least 4 members (excludes halogenated alkanes) is 1. The number of allylic oxidation sites excluding steroid dienone is 1. The first-order valence-electron chi connectivity index (χ1n) is 34.7. The van der Waals surface area contributed by atoms with E-state index in [9.17, 15) is 33.6 Å². The predicted octanol–water partition coefficient (Wildman–Crippen LogP) is 2.61. The first-order chi connectivity index (χ1) is 45.3. The van der Waals surface area contributed by atoms with Crippen LogP contribution in [-0.2, 0) is 76.6 Å². The van der Waals surface area contributed by atoms with Crippen molar-refractivity contribution in [3.05, 3.63) is 12.2 Å². The smallest absolute Gasteiger partial charge is 0.330 e. The van der Waals surface area contributed by atoms with E-state index < -0.39 is 167 Å². The second kappa shape index (κ2) is 39.1. The van der Waals surface area contributed by atoms with Crippen molar-refractivity contribution in [1.29, 1.82) is 0 Å². The van der Waals surface area contributed by atoms with E-state index in [1.165, 1.54) is 107 Å². The van der Waals surface area contributed by atoms with Crippen LogP contribution in [-0.4, -0.2) is 278 Å². The number of esters is 1. The fourth-order valence-electron chi connectivity index (χ4n) is 12.5. The lowest BCUT2D eigenvalue weighted by atomic mass is 9.89. The summed E-state index contributed by atoms with van der Waals surface area (Å²) in [5, 5.41) is 12.0. The minimum absolute atomic E-state index is 0.000153. The number of morpholine rings is 1. The summed E-state index contributed by atoms with van der Waals surface area (Å²) in [7, 11) is 9.74. The van der Waals surface area contributed by atoms with Crippen LogP contribution in [0.5, 0.6) is 0 Å². The number of hydroxylamine groups is 2. The van der Waals surface area contributed by atoms with Crippen LogP contribution in [0.2, 0.25) is 0 Å². The van der Waals surface area contributed by atoms with Crippen molar-refractivity contribution in [1.82, 2.24) is 60.6 Å². The van der Waals surface area contributed by atoms with Gasteiger partial charge in [-0.2, -0.15) is 0 Å². The Balaban J connectivity index is 2.30. The Hall–Kier alpha value is -6.78. The van der Waals surface area contributed by atoms with Crippen molar-refractivity contribution in [2.45, 2.75) is 234 Å². The maximum Gasteiger partial charge on any atom is 0.330 e. The molecule has 3 aliphatic heterocycles. The number of likely N-dealkylation sites (N-methyl/N-ethyl adjacent to an activating group) is 6. The second-order valence-electron chi connectivity index (χ2n) is 28.7. The van der Waals surface area contributed by atoms with Crippen LogP contribution >= 0.6 is 0 Å². The third-order valence-electron chi connectivity index (χ3n) is 18.7. The van der Waals surface area contributed by atoms with Gasteiger partial charge in [-0.3, -0.25) is 62.5 Å². The lowest BCUT2D eigenvalue weighted by molar-refractivity contribution is -0.321. The Morgan fingerprint density at radius 3 is 1.59 bits per heavy atom. The molecule has 11 amide bonds. The molecular weight excluding hydrogens is 1250 g/mol. The van der Waals surface area contributed by atoms with Crippen molar-refractivity contribution in [3.63, 3.8) is 0 Å². The predicted molar refractivity (Wildman–Crippen MR) is 365 cm³/mol. The molecule has 3 saturated heterocycles. The number of ether oxygens (including phenoxy) is 3. The van der Waals surface area contributed by atoms with Gasteiger partial charge in [0.05, 0.1) is 26.4 Å². The maximum absolute atomic E-state index is 15.2. The summed E-state index contributed by atoms with van der Waals surface area (Å²) >= 11 is 0. The molecular formula is C69H120N12O16. The van der Waals surface area contributed by atoms with Gasteiger partial charge in [0.1, 0.15) is 66.5 Å². The summed E-state index contributed by atoms with van der Waals surface area (Å²) in [4.78, 5) is 191. The number of methoxy groups -OCH3 is 1. The molecule has 28 heteroatoms. The highest BCUT2D eigenvalue weighted by atomic mass is 16.7. The molecule has 3 aliphatic rings. The highest BCUT2D eigenvalue weighted by Gasteiger charge is 2.55. The lowest BCUT2D eigenvalue weighted by Crippen LogP contribution is -2.72. The summed E-state index contributed by atoms with van der Waals surface area (Å²) in [6.07, 6.45) is 2.68. The largest absolute Gasteiger partial charge is 0.466 e. The van der Waals surface area contributed by atoms with Gasteiger partial charge in [-0.1, -0.05) is 89.2 Å². The van der Waals surface area contributed by atoms with Crippen molar-refractivity contribution >= 4 is 70.9 Å². The third-order valence-corrected chi connectivity index (χ3v) is 18.7. The molecule has 14 atom stereocenters. The number of hydrogen-bond donors (Lipinski definition) is 4. The molecule has 97 heavy (non-hydrogen) atoms. The van der Waals surface area contributed by atoms with Crippen LogP contribution in [0, 0.1) is 35.5 Å². The number of nitrogens with zero attached hydrogens (tertiary/aromatic N) is 8. The summed E-state index contributed by atoms with van der Waals surface area (Å²) in [6, 6.07) is -14.0. The molecule has 3 rings (SSSR count). The van der Waals surface area contributed by atoms with Gasteiger partial charge in [0.25, 0.3) is 5.91 Å². The Bertz CT molecular complexity index is 2720. The molecule has 0 aromatic heterocycles. The molecule has 0 radical (unpaired) electrons. The highest BCUT2D eigenvalue weighted by Crippen LogP contribution is 2.34. The van der Waals surface area contributed by atoms with E-state index in [0.717, 1.165) is 36.0 Å². The SMILES string of the molecule is CC[C@@H]1NC(=O)[C@@H]2[C@@H]([C@H](C)C/C=C/C(=O)OC)ON2C(=O)C(C(C)C)N(C)C(=O)[C@H](CC(C)C)N(C)C(=O)C(CC(C)C)N(C)C(=O)[C@@H](C)NC(=O)C(C)NC(=O)[C@H](CC(C)C)N(C)C(=O)[C@H](C(C)C)NC(=O)[C@H]([C@@H](C)OCCCCN2CCOCC2)N(C)C(=O)[C@@H](C)N(C)C1=O. The molecule has 4 N–H and O–H groups in total. The van der Waals surface area contributed by atoms with E-state index in [0.29, 0.717) is 19.6 Å². The van der Waals surface area contributed by atoms with Crippen molar-refractivity contribution < 1.29 is 76.6 Å². The van der Waals surface area contributed by atoms with Crippen LogP contribution in [0.1, 0.15) is 156 Å². The van der Waals surface area contributed by atoms with Crippen LogP contribution < -0.4 is 21.3 Å². The highest BCUT2D eigenvalue weighted by molar-refractivity contribution is 6.00. The summed E-state index contributed by atoms with van der Waals surface area (Å²) in [5.41, 5.74) is 0.